The Morgan fingerprint density at radius 2 is 1.77 bits per heavy atom. The molecule has 0 aliphatic carbocycles. The third kappa shape index (κ3) is 6.26. The number of hydrogen-bond donors (Lipinski definition) is 0. The molecule has 158 valence electrons. The molecule has 7 heteroatoms. The second-order valence-corrected chi connectivity index (χ2v) is 9.26. The van der Waals surface area contributed by atoms with Crippen molar-refractivity contribution in [3.63, 3.8) is 0 Å². The van der Waals surface area contributed by atoms with Crippen LogP contribution in [0.15, 0.2) is 60.0 Å². The fraction of sp³-hybridized carbons (Fsp3) is 0.304. The van der Waals surface area contributed by atoms with E-state index in [0.29, 0.717) is 31.1 Å². The highest BCUT2D eigenvalue weighted by atomic mass is 32.1. The molecule has 0 aliphatic heterocycles. The number of nitrogens with zero attached hydrogens (tertiary/aromatic N) is 2. The van der Waals surface area contributed by atoms with E-state index in [1.807, 2.05) is 46.7 Å². The number of methoxy groups -OCH3 is 1. The summed E-state index contributed by atoms with van der Waals surface area (Å²) in [7, 11) is 1.59. The van der Waals surface area contributed by atoms with Crippen molar-refractivity contribution in [2.75, 3.05) is 26.8 Å². The second-order valence-electron chi connectivity index (χ2n) is 6.94. The van der Waals surface area contributed by atoms with Gasteiger partial charge in [0.05, 0.1) is 18.0 Å². The van der Waals surface area contributed by atoms with Gasteiger partial charge in [0.2, 0.25) is 5.91 Å². The highest BCUT2D eigenvalue weighted by molar-refractivity contribution is 7.12. The summed E-state index contributed by atoms with van der Waals surface area (Å²) in [5.74, 6) is -0.215. The third-order valence-corrected chi connectivity index (χ3v) is 6.47. The van der Waals surface area contributed by atoms with Gasteiger partial charge in [0.15, 0.2) is 0 Å². The van der Waals surface area contributed by atoms with E-state index < -0.39 is 0 Å². The number of carbonyl (C=O) groups is 2. The molecular formula is C23H26N2O3S2. The molecule has 5 nitrogen and oxygen atoms in total. The Kier molecular flexibility index (Phi) is 8.19. The molecular weight excluding hydrogens is 416 g/mol. The zero-order valence-corrected chi connectivity index (χ0v) is 18.9. The van der Waals surface area contributed by atoms with Crippen LogP contribution in [0.2, 0.25) is 0 Å². The van der Waals surface area contributed by atoms with Crippen LogP contribution in [-0.2, 0) is 22.6 Å². The molecule has 2 amide bonds. The molecule has 0 saturated carbocycles. The Morgan fingerprint density at radius 3 is 2.40 bits per heavy atom. The van der Waals surface area contributed by atoms with E-state index in [-0.39, 0.29) is 18.4 Å². The number of benzene rings is 1. The zero-order chi connectivity index (χ0) is 21.3. The molecule has 0 N–H and O–H groups in total. The highest BCUT2D eigenvalue weighted by Crippen LogP contribution is 2.19. The van der Waals surface area contributed by atoms with Gasteiger partial charge >= 0.3 is 0 Å². The lowest BCUT2D eigenvalue weighted by Gasteiger charge is -2.27. The number of thiophene rings is 2. The molecule has 0 radical (unpaired) electrons. The van der Waals surface area contributed by atoms with Crippen molar-refractivity contribution in [2.45, 2.75) is 20.0 Å². The van der Waals surface area contributed by atoms with Crippen molar-refractivity contribution < 1.29 is 14.3 Å². The summed E-state index contributed by atoms with van der Waals surface area (Å²) in [6.45, 7) is 3.87. The summed E-state index contributed by atoms with van der Waals surface area (Å²) in [4.78, 5) is 32.6. The van der Waals surface area contributed by atoms with Gasteiger partial charge in [-0.25, -0.2) is 0 Å². The normalized spacial score (nSPS) is 10.7. The van der Waals surface area contributed by atoms with Gasteiger partial charge in [-0.15, -0.1) is 22.7 Å². The summed E-state index contributed by atoms with van der Waals surface area (Å²) in [5.41, 5.74) is 1.06. The number of rotatable bonds is 10. The van der Waals surface area contributed by atoms with Crippen LogP contribution < -0.4 is 0 Å². The molecule has 1 aromatic carbocycles. The molecule has 0 saturated heterocycles. The smallest absolute Gasteiger partial charge is 0.264 e. The van der Waals surface area contributed by atoms with Crippen molar-refractivity contribution in [1.82, 2.24) is 9.80 Å². The number of aryl methyl sites for hydroxylation is 1. The van der Waals surface area contributed by atoms with E-state index in [0.717, 1.165) is 10.4 Å². The lowest BCUT2D eigenvalue weighted by molar-refractivity contribution is -0.133. The molecule has 0 unspecified atom stereocenters. The molecule has 30 heavy (non-hydrogen) atoms. The Bertz CT molecular complexity index is 939. The molecule has 0 atom stereocenters. The average Bonchev–Trinajstić information content (AvgIpc) is 3.43. The maximum atomic E-state index is 13.3. The maximum absolute atomic E-state index is 13.3. The Morgan fingerprint density at radius 1 is 0.967 bits per heavy atom. The van der Waals surface area contributed by atoms with Crippen LogP contribution >= 0.6 is 22.7 Å². The largest absolute Gasteiger partial charge is 0.383 e. The Balaban J connectivity index is 1.77. The highest BCUT2D eigenvalue weighted by Gasteiger charge is 2.23. The van der Waals surface area contributed by atoms with E-state index in [4.69, 9.17) is 4.74 Å². The minimum atomic E-state index is -0.137. The van der Waals surface area contributed by atoms with E-state index in [1.165, 1.54) is 16.2 Å². The maximum Gasteiger partial charge on any atom is 0.264 e. The van der Waals surface area contributed by atoms with E-state index in [1.54, 1.807) is 29.4 Å². The summed E-state index contributed by atoms with van der Waals surface area (Å²) in [6, 6.07) is 17.7. The molecule has 0 aliphatic rings. The molecule has 0 spiro atoms. The standard InChI is InChI=1S/C23H26N2O3S2/c1-18-10-11-20(30-18)16-25(15-19-7-4-3-5-8-19)22(26)17-24(12-13-28-2)23(27)21-9-6-14-29-21/h3-11,14H,12-13,15-17H2,1-2H3. The minimum Gasteiger partial charge on any atom is -0.383 e. The number of amides is 2. The van der Waals surface area contributed by atoms with E-state index in [2.05, 4.69) is 19.1 Å². The fourth-order valence-corrected chi connectivity index (χ4v) is 4.66. The van der Waals surface area contributed by atoms with Crippen LogP contribution in [0.3, 0.4) is 0 Å². The van der Waals surface area contributed by atoms with Gasteiger partial charge in [-0.3, -0.25) is 9.59 Å². The summed E-state index contributed by atoms with van der Waals surface area (Å²) in [6.07, 6.45) is 0. The van der Waals surface area contributed by atoms with Gasteiger partial charge in [-0.1, -0.05) is 36.4 Å². The molecule has 2 heterocycles. The number of ether oxygens (including phenoxy) is 1. The number of carbonyl (C=O) groups excluding carboxylic acids is 2. The van der Waals surface area contributed by atoms with Crippen molar-refractivity contribution >= 4 is 34.5 Å². The average molecular weight is 443 g/mol. The van der Waals surface area contributed by atoms with Gasteiger partial charge in [0.25, 0.3) is 5.91 Å². The van der Waals surface area contributed by atoms with Gasteiger partial charge in [0, 0.05) is 30.0 Å². The summed E-state index contributed by atoms with van der Waals surface area (Å²) < 4.78 is 5.16. The van der Waals surface area contributed by atoms with E-state index in [9.17, 15) is 9.59 Å². The van der Waals surface area contributed by atoms with Gasteiger partial charge in [0.1, 0.15) is 6.54 Å². The van der Waals surface area contributed by atoms with Gasteiger partial charge < -0.3 is 14.5 Å². The first-order valence-corrected chi connectivity index (χ1v) is 11.4. The lowest BCUT2D eigenvalue weighted by atomic mass is 10.2. The number of hydrogen-bond acceptors (Lipinski definition) is 5. The topological polar surface area (TPSA) is 49.9 Å². The van der Waals surface area contributed by atoms with Crippen LogP contribution in [0.4, 0.5) is 0 Å². The molecule has 0 fully saturated rings. The SMILES string of the molecule is COCCN(CC(=O)N(Cc1ccccc1)Cc1ccc(C)s1)C(=O)c1cccs1. The van der Waals surface area contributed by atoms with Crippen LogP contribution in [0.5, 0.6) is 0 Å². The lowest BCUT2D eigenvalue weighted by Crippen LogP contribution is -2.43. The second kappa shape index (κ2) is 11.1. The predicted molar refractivity (Wildman–Crippen MR) is 122 cm³/mol. The quantitative estimate of drug-likeness (QED) is 0.467. The predicted octanol–water partition coefficient (Wildman–Crippen LogP) is 4.44. The zero-order valence-electron chi connectivity index (χ0n) is 17.2. The van der Waals surface area contributed by atoms with Crippen molar-refractivity contribution in [2.24, 2.45) is 0 Å². The minimum absolute atomic E-state index is 0.0251. The van der Waals surface area contributed by atoms with Gasteiger partial charge in [-0.2, -0.15) is 0 Å². The fourth-order valence-electron chi connectivity index (χ4n) is 3.07. The molecule has 0 bridgehead atoms. The first-order valence-electron chi connectivity index (χ1n) is 9.75. The van der Waals surface area contributed by atoms with Crippen LogP contribution in [0, 0.1) is 6.92 Å². The van der Waals surface area contributed by atoms with Crippen LogP contribution in [-0.4, -0.2) is 48.4 Å². The first-order chi connectivity index (χ1) is 14.6. The third-order valence-electron chi connectivity index (χ3n) is 4.62. The van der Waals surface area contributed by atoms with E-state index >= 15 is 0 Å². The molecule has 3 rings (SSSR count). The molecule has 2 aromatic heterocycles. The monoisotopic (exact) mass is 442 g/mol. The van der Waals surface area contributed by atoms with Gasteiger partial charge in [-0.05, 0) is 36.1 Å². The van der Waals surface area contributed by atoms with Crippen molar-refractivity contribution in [1.29, 1.82) is 0 Å². The van der Waals surface area contributed by atoms with Crippen molar-refractivity contribution in [3.05, 3.63) is 80.2 Å². The Labute approximate surface area is 185 Å². The summed E-state index contributed by atoms with van der Waals surface area (Å²) in [5, 5.41) is 1.87. The van der Waals surface area contributed by atoms with Crippen molar-refractivity contribution in [3.8, 4) is 0 Å². The first kappa shape index (κ1) is 22.2. The van der Waals surface area contributed by atoms with Crippen LogP contribution in [0.25, 0.3) is 0 Å². The molecule has 3 aromatic rings. The summed E-state index contributed by atoms with van der Waals surface area (Å²) >= 11 is 3.07. The van der Waals surface area contributed by atoms with Crippen LogP contribution in [0.1, 0.15) is 25.0 Å². The Hall–Kier alpha value is -2.48.